The van der Waals surface area contributed by atoms with E-state index in [9.17, 15) is 24.3 Å². The summed E-state index contributed by atoms with van der Waals surface area (Å²) in [7, 11) is 3.89. The number of H-pyrrole nitrogens is 2. The van der Waals surface area contributed by atoms with Gasteiger partial charge in [0.15, 0.2) is 5.78 Å². The molecule has 2 aliphatic heterocycles. The number of carboxylic acid groups (broad SMARTS) is 1. The van der Waals surface area contributed by atoms with E-state index in [0.29, 0.717) is 12.4 Å². The van der Waals surface area contributed by atoms with Gasteiger partial charge in [-0.05, 0) is 78.0 Å². The summed E-state index contributed by atoms with van der Waals surface area (Å²) in [6.07, 6.45) is 4.15. The molecule has 8 rings (SSSR count). The molecule has 0 bridgehead atoms. The minimum atomic E-state index is -1.29. The molecule has 0 aliphatic carbocycles. The Balaban J connectivity index is 0.955. The van der Waals surface area contributed by atoms with E-state index in [-0.39, 0.29) is 42.7 Å². The SMILES string of the molecule is CC(C)C(NC(=O)O)C(=O)N1CC(=O)CC1c1ncc(-c2ccc(-c3ccc4cc(-c5cnc(C6CCCN6C(=O)C(c6ccccc6)N(C)C)[nH]5)ccc4c3)cc2)[nH]1. The molecule has 2 saturated heterocycles. The number of nitrogens with zero attached hydrogens (tertiary/aromatic N) is 5. The number of likely N-dealkylation sites (N-methyl/N-ethyl adjacent to an activating group) is 1. The Morgan fingerprint density at radius 3 is 2.00 bits per heavy atom. The Labute approximate surface area is 342 Å². The summed E-state index contributed by atoms with van der Waals surface area (Å²) < 4.78 is 0. The van der Waals surface area contributed by atoms with Gasteiger partial charge in [-0.1, -0.05) is 92.7 Å². The van der Waals surface area contributed by atoms with Crippen LogP contribution in [-0.4, -0.2) is 96.7 Å². The summed E-state index contributed by atoms with van der Waals surface area (Å²) in [4.78, 5) is 72.8. The van der Waals surface area contributed by atoms with Crippen LogP contribution in [0.4, 0.5) is 4.79 Å². The molecule has 3 amide bonds. The fraction of sp³-hybridized carbons (Fsp3) is 0.304. The molecule has 4 heterocycles. The zero-order valence-electron chi connectivity index (χ0n) is 33.6. The van der Waals surface area contributed by atoms with E-state index in [2.05, 4.69) is 68.8 Å². The Morgan fingerprint density at radius 1 is 0.763 bits per heavy atom. The predicted octanol–water partition coefficient (Wildman–Crippen LogP) is 7.39. The minimum absolute atomic E-state index is 0.0855. The molecule has 0 saturated carbocycles. The molecule has 13 nitrogen and oxygen atoms in total. The van der Waals surface area contributed by atoms with Crippen LogP contribution in [0.1, 0.15) is 68.4 Å². The molecule has 0 radical (unpaired) electrons. The van der Waals surface area contributed by atoms with Crippen molar-refractivity contribution in [3.8, 4) is 33.6 Å². The van der Waals surface area contributed by atoms with E-state index < -0.39 is 24.1 Å². The number of nitrogens with one attached hydrogen (secondary N) is 3. The molecule has 0 spiro atoms. The number of carbonyl (C=O) groups excluding carboxylic acids is 3. The third kappa shape index (κ3) is 7.98. The van der Waals surface area contributed by atoms with Crippen LogP contribution in [0, 0.1) is 5.92 Å². The van der Waals surface area contributed by atoms with E-state index >= 15 is 0 Å². The van der Waals surface area contributed by atoms with Gasteiger partial charge in [0.1, 0.15) is 23.7 Å². The van der Waals surface area contributed by atoms with E-state index in [1.807, 2.05) is 72.6 Å². The fourth-order valence-corrected chi connectivity index (χ4v) is 8.50. The summed E-state index contributed by atoms with van der Waals surface area (Å²) in [6, 6.07) is 28.7. The maximum atomic E-state index is 13.9. The molecule has 302 valence electrons. The number of carbonyl (C=O) groups is 4. The predicted molar refractivity (Wildman–Crippen MR) is 225 cm³/mol. The molecule has 2 aromatic heterocycles. The molecule has 4 atom stereocenters. The molecule has 6 aromatic rings. The Hall–Kier alpha value is -6.60. The first-order valence-corrected chi connectivity index (χ1v) is 20.0. The van der Waals surface area contributed by atoms with Gasteiger partial charge in [0, 0.05) is 18.5 Å². The maximum Gasteiger partial charge on any atom is 0.405 e. The van der Waals surface area contributed by atoms with Crippen molar-refractivity contribution in [3.05, 3.63) is 121 Å². The number of ketones is 1. The van der Waals surface area contributed by atoms with Gasteiger partial charge < -0.3 is 30.2 Å². The summed E-state index contributed by atoms with van der Waals surface area (Å²) in [6.45, 7) is 4.13. The lowest BCUT2D eigenvalue weighted by Crippen LogP contribution is -2.51. The zero-order chi connectivity index (χ0) is 41.4. The highest BCUT2D eigenvalue weighted by molar-refractivity contribution is 5.94. The van der Waals surface area contributed by atoms with Crippen molar-refractivity contribution < 1.29 is 24.3 Å². The Bertz CT molecular complexity index is 2510. The second-order valence-electron chi connectivity index (χ2n) is 16.1. The van der Waals surface area contributed by atoms with Crippen LogP contribution in [0.25, 0.3) is 44.4 Å². The van der Waals surface area contributed by atoms with Gasteiger partial charge in [-0.15, -0.1) is 0 Å². The average Bonchev–Trinajstić information content (AvgIpc) is 4.07. The van der Waals surface area contributed by atoms with E-state index in [4.69, 9.17) is 4.98 Å². The molecule has 2 aliphatic rings. The molecule has 13 heteroatoms. The topological polar surface area (TPSA) is 168 Å². The van der Waals surface area contributed by atoms with Crippen molar-refractivity contribution in [1.29, 1.82) is 0 Å². The highest BCUT2D eigenvalue weighted by Gasteiger charge is 2.41. The molecular weight excluding hydrogens is 745 g/mol. The number of hydrogen-bond acceptors (Lipinski definition) is 7. The van der Waals surface area contributed by atoms with Crippen LogP contribution in [0.5, 0.6) is 0 Å². The summed E-state index contributed by atoms with van der Waals surface area (Å²) in [5, 5.41) is 13.8. The number of aromatic nitrogens is 4. The number of aromatic amines is 2. The summed E-state index contributed by atoms with van der Waals surface area (Å²) in [5.41, 5.74) is 6.65. The first-order chi connectivity index (χ1) is 28.4. The number of benzene rings is 4. The van der Waals surface area contributed by atoms with Gasteiger partial charge in [-0.25, -0.2) is 14.8 Å². The summed E-state index contributed by atoms with van der Waals surface area (Å²) in [5.74, 6) is 0.520. The number of imidazole rings is 2. The molecule has 4 aromatic carbocycles. The monoisotopic (exact) mass is 792 g/mol. The standard InChI is InChI=1S/C46H48N8O5/c1-27(2)40(51-46(58)59)44(56)54-26-35(55)23-39(54)43-48-24-36(49-43)29-14-12-28(13-15-29)31-16-17-33-22-34(19-18-32(33)21-31)37-25-47-42(50-37)38-11-8-20-53(38)45(57)41(52(3)4)30-9-6-5-7-10-30/h5-7,9-10,12-19,21-22,24-25,27,38-41,51H,8,11,20,23,26H2,1-4H3,(H,47,50)(H,48,49)(H,58,59). The second kappa shape index (κ2) is 16.3. The number of fused-ring (bicyclic) bond motifs is 1. The molecule has 2 fully saturated rings. The summed E-state index contributed by atoms with van der Waals surface area (Å²) >= 11 is 0. The van der Waals surface area contributed by atoms with E-state index in [1.165, 1.54) is 4.90 Å². The van der Waals surface area contributed by atoms with Gasteiger partial charge in [-0.3, -0.25) is 19.3 Å². The van der Waals surface area contributed by atoms with Crippen molar-refractivity contribution in [2.75, 3.05) is 27.2 Å². The molecule has 4 unspecified atom stereocenters. The third-order valence-corrected chi connectivity index (χ3v) is 11.5. The highest BCUT2D eigenvalue weighted by Crippen LogP contribution is 2.36. The maximum absolute atomic E-state index is 13.9. The Kier molecular flexibility index (Phi) is 10.9. The quantitative estimate of drug-likeness (QED) is 0.105. The zero-order valence-corrected chi connectivity index (χ0v) is 33.6. The van der Waals surface area contributed by atoms with Crippen LogP contribution < -0.4 is 5.32 Å². The van der Waals surface area contributed by atoms with Crippen LogP contribution in [0.15, 0.2) is 103 Å². The van der Waals surface area contributed by atoms with Crippen LogP contribution in [0.2, 0.25) is 0 Å². The molecule has 4 N–H and O–H groups in total. The number of amides is 3. The van der Waals surface area contributed by atoms with Crippen molar-refractivity contribution >= 4 is 34.5 Å². The van der Waals surface area contributed by atoms with Crippen molar-refractivity contribution in [1.82, 2.24) is 40.0 Å². The first kappa shape index (κ1) is 39.2. The molecular formula is C46H48N8O5. The third-order valence-electron chi connectivity index (χ3n) is 11.5. The molecule has 59 heavy (non-hydrogen) atoms. The normalized spacial score (nSPS) is 17.9. The van der Waals surface area contributed by atoms with E-state index in [0.717, 1.165) is 68.6 Å². The number of likely N-dealkylation sites (tertiary alicyclic amines) is 2. The lowest BCUT2D eigenvalue weighted by molar-refractivity contribution is -0.137. The van der Waals surface area contributed by atoms with Gasteiger partial charge in [0.25, 0.3) is 0 Å². The van der Waals surface area contributed by atoms with Crippen molar-refractivity contribution in [2.24, 2.45) is 5.92 Å². The number of rotatable bonds is 11. The Morgan fingerprint density at radius 2 is 1.36 bits per heavy atom. The van der Waals surface area contributed by atoms with E-state index in [1.54, 1.807) is 20.0 Å². The largest absolute Gasteiger partial charge is 0.465 e. The average molecular weight is 793 g/mol. The van der Waals surface area contributed by atoms with Gasteiger partial charge >= 0.3 is 6.09 Å². The van der Waals surface area contributed by atoms with Gasteiger partial charge in [-0.2, -0.15) is 0 Å². The first-order valence-electron chi connectivity index (χ1n) is 20.0. The van der Waals surface area contributed by atoms with Gasteiger partial charge in [0.2, 0.25) is 11.8 Å². The lowest BCUT2D eigenvalue weighted by atomic mass is 9.98. The van der Waals surface area contributed by atoms with Crippen LogP contribution in [0.3, 0.4) is 0 Å². The highest BCUT2D eigenvalue weighted by atomic mass is 16.4. The number of hydrogen-bond donors (Lipinski definition) is 4. The smallest absolute Gasteiger partial charge is 0.405 e. The minimum Gasteiger partial charge on any atom is -0.465 e. The van der Waals surface area contributed by atoms with Crippen molar-refractivity contribution in [3.63, 3.8) is 0 Å². The van der Waals surface area contributed by atoms with Crippen LogP contribution >= 0.6 is 0 Å². The fourth-order valence-electron chi connectivity index (χ4n) is 8.50. The number of Topliss-reactive ketones (excluding diaryl/α,β-unsaturated/α-hetero) is 1. The van der Waals surface area contributed by atoms with Crippen LogP contribution in [-0.2, 0) is 14.4 Å². The second-order valence-corrected chi connectivity index (χ2v) is 16.1. The lowest BCUT2D eigenvalue weighted by Gasteiger charge is -2.31. The van der Waals surface area contributed by atoms with Gasteiger partial charge in [0.05, 0.1) is 42.4 Å². The van der Waals surface area contributed by atoms with Crippen molar-refractivity contribution in [2.45, 2.75) is 57.3 Å².